The molecule has 2 heterocycles. The molecule has 150 valence electrons. The summed E-state index contributed by atoms with van der Waals surface area (Å²) in [5.74, 6) is 0.974. The fraction of sp³-hybridized carbons (Fsp3) is 0.238. The molecule has 0 radical (unpaired) electrons. The number of aryl methyl sites for hydroxylation is 1. The van der Waals surface area contributed by atoms with E-state index in [0.29, 0.717) is 35.8 Å². The number of hydrogen-bond donors (Lipinski definition) is 1. The lowest BCUT2D eigenvalue weighted by molar-refractivity contribution is -0.116. The zero-order valence-electron chi connectivity index (χ0n) is 16.3. The SMILES string of the molecule is COc1ccc(OC)c(NC(=O)CCCn2nc(-c3ccncc3)ccc2=O)c1. The number of carbonyl (C=O) groups is 1. The van der Waals surface area contributed by atoms with E-state index in [1.807, 2.05) is 12.1 Å². The number of nitrogens with one attached hydrogen (secondary N) is 1. The van der Waals surface area contributed by atoms with Crippen molar-refractivity contribution in [2.45, 2.75) is 19.4 Å². The monoisotopic (exact) mass is 394 g/mol. The van der Waals surface area contributed by atoms with Gasteiger partial charge in [-0.05, 0) is 36.8 Å². The molecule has 0 aliphatic heterocycles. The predicted octanol–water partition coefficient (Wildman–Crippen LogP) is 2.74. The summed E-state index contributed by atoms with van der Waals surface area (Å²) in [6, 6.07) is 12.0. The first-order chi connectivity index (χ1) is 14.1. The van der Waals surface area contributed by atoms with E-state index in [1.54, 1.807) is 43.8 Å². The summed E-state index contributed by atoms with van der Waals surface area (Å²) in [6.45, 7) is 0.334. The van der Waals surface area contributed by atoms with Crippen molar-refractivity contribution in [2.24, 2.45) is 0 Å². The Morgan fingerprint density at radius 1 is 1.07 bits per heavy atom. The van der Waals surface area contributed by atoms with Crippen LogP contribution in [0, 0.1) is 0 Å². The first-order valence-corrected chi connectivity index (χ1v) is 9.11. The van der Waals surface area contributed by atoms with Gasteiger partial charge in [-0.25, -0.2) is 4.68 Å². The maximum atomic E-state index is 12.3. The number of anilines is 1. The first kappa shape index (κ1) is 20.1. The second kappa shape index (κ2) is 9.50. The van der Waals surface area contributed by atoms with E-state index in [9.17, 15) is 9.59 Å². The lowest BCUT2D eigenvalue weighted by Crippen LogP contribution is -2.23. The van der Waals surface area contributed by atoms with Gasteiger partial charge in [0.05, 0.1) is 25.6 Å². The van der Waals surface area contributed by atoms with Crippen molar-refractivity contribution in [3.8, 4) is 22.8 Å². The molecule has 0 saturated carbocycles. The molecule has 1 aromatic carbocycles. The van der Waals surface area contributed by atoms with Crippen LogP contribution in [0.1, 0.15) is 12.8 Å². The number of methoxy groups -OCH3 is 2. The van der Waals surface area contributed by atoms with Gasteiger partial charge in [0.1, 0.15) is 11.5 Å². The van der Waals surface area contributed by atoms with Gasteiger partial charge in [0.2, 0.25) is 5.91 Å². The first-order valence-electron chi connectivity index (χ1n) is 9.11. The minimum Gasteiger partial charge on any atom is -0.497 e. The molecule has 3 aromatic rings. The summed E-state index contributed by atoms with van der Waals surface area (Å²) >= 11 is 0. The van der Waals surface area contributed by atoms with Crippen LogP contribution in [0.2, 0.25) is 0 Å². The third-order valence-corrected chi connectivity index (χ3v) is 4.30. The number of carbonyl (C=O) groups excluding carboxylic acids is 1. The quantitative estimate of drug-likeness (QED) is 0.631. The summed E-state index contributed by atoms with van der Waals surface area (Å²) in [4.78, 5) is 28.4. The van der Waals surface area contributed by atoms with E-state index < -0.39 is 0 Å². The van der Waals surface area contributed by atoms with Gasteiger partial charge in [0.15, 0.2) is 0 Å². The van der Waals surface area contributed by atoms with E-state index in [4.69, 9.17) is 9.47 Å². The Balaban J connectivity index is 1.62. The topological polar surface area (TPSA) is 95.3 Å². The van der Waals surface area contributed by atoms with Crippen LogP contribution in [-0.2, 0) is 11.3 Å². The van der Waals surface area contributed by atoms with E-state index in [1.165, 1.54) is 17.9 Å². The van der Waals surface area contributed by atoms with Gasteiger partial charge < -0.3 is 14.8 Å². The Hall–Kier alpha value is -3.68. The van der Waals surface area contributed by atoms with Crippen molar-refractivity contribution >= 4 is 11.6 Å². The standard InChI is InChI=1S/C21H22N4O4/c1-28-16-5-7-19(29-2)18(14-16)23-20(26)4-3-13-25-21(27)8-6-17(24-25)15-9-11-22-12-10-15/h5-12,14H,3-4,13H2,1-2H3,(H,23,26). The van der Waals surface area contributed by atoms with Crippen molar-refractivity contribution < 1.29 is 14.3 Å². The average molecular weight is 394 g/mol. The molecular weight excluding hydrogens is 372 g/mol. The number of rotatable bonds is 8. The average Bonchev–Trinajstić information content (AvgIpc) is 2.75. The van der Waals surface area contributed by atoms with E-state index in [0.717, 1.165) is 5.56 Å². The second-order valence-electron chi connectivity index (χ2n) is 6.23. The molecule has 1 amide bonds. The highest BCUT2D eigenvalue weighted by molar-refractivity contribution is 5.92. The molecule has 0 saturated heterocycles. The highest BCUT2D eigenvalue weighted by atomic mass is 16.5. The normalized spacial score (nSPS) is 10.4. The fourth-order valence-corrected chi connectivity index (χ4v) is 2.80. The molecule has 3 rings (SSSR count). The van der Waals surface area contributed by atoms with Crippen LogP contribution < -0.4 is 20.3 Å². The van der Waals surface area contributed by atoms with Gasteiger partial charge in [0, 0.05) is 43.1 Å². The van der Waals surface area contributed by atoms with Gasteiger partial charge in [-0.15, -0.1) is 0 Å². The highest BCUT2D eigenvalue weighted by Gasteiger charge is 2.10. The molecule has 0 aliphatic rings. The summed E-state index contributed by atoms with van der Waals surface area (Å²) in [7, 11) is 3.09. The van der Waals surface area contributed by atoms with Gasteiger partial charge in [-0.2, -0.15) is 5.10 Å². The molecule has 8 nitrogen and oxygen atoms in total. The van der Waals surface area contributed by atoms with Gasteiger partial charge in [-0.3, -0.25) is 14.6 Å². The number of pyridine rings is 1. The van der Waals surface area contributed by atoms with Crippen molar-refractivity contribution in [2.75, 3.05) is 19.5 Å². The molecule has 0 atom stereocenters. The van der Waals surface area contributed by atoms with Gasteiger partial charge in [0.25, 0.3) is 5.56 Å². The van der Waals surface area contributed by atoms with E-state index in [-0.39, 0.29) is 17.9 Å². The van der Waals surface area contributed by atoms with Crippen molar-refractivity contribution in [3.05, 3.63) is 65.2 Å². The van der Waals surface area contributed by atoms with Crippen LogP contribution in [-0.4, -0.2) is 34.9 Å². The Morgan fingerprint density at radius 2 is 1.86 bits per heavy atom. The zero-order valence-corrected chi connectivity index (χ0v) is 16.3. The molecule has 0 fully saturated rings. The molecule has 0 spiro atoms. The lowest BCUT2D eigenvalue weighted by atomic mass is 10.2. The zero-order chi connectivity index (χ0) is 20.6. The van der Waals surface area contributed by atoms with Crippen molar-refractivity contribution in [1.82, 2.24) is 14.8 Å². The molecule has 0 aliphatic carbocycles. The number of nitrogens with zero attached hydrogens (tertiary/aromatic N) is 3. The Labute approximate surface area is 168 Å². The molecule has 1 N–H and O–H groups in total. The molecule has 2 aromatic heterocycles. The number of aromatic nitrogens is 3. The van der Waals surface area contributed by atoms with Crippen LogP contribution in [0.4, 0.5) is 5.69 Å². The maximum absolute atomic E-state index is 12.3. The van der Waals surface area contributed by atoms with E-state index >= 15 is 0 Å². The van der Waals surface area contributed by atoms with Crippen molar-refractivity contribution in [1.29, 1.82) is 0 Å². The molecule has 29 heavy (non-hydrogen) atoms. The predicted molar refractivity (Wildman–Crippen MR) is 109 cm³/mol. The largest absolute Gasteiger partial charge is 0.497 e. The highest BCUT2D eigenvalue weighted by Crippen LogP contribution is 2.29. The minimum atomic E-state index is -0.210. The van der Waals surface area contributed by atoms with Gasteiger partial charge >= 0.3 is 0 Å². The van der Waals surface area contributed by atoms with Crippen LogP contribution in [0.5, 0.6) is 11.5 Å². The molecule has 0 unspecified atom stereocenters. The molecule has 8 heteroatoms. The lowest BCUT2D eigenvalue weighted by Gasteiger charge is -2.12. The van der Waals surface area contributed by atoms with Crippen LogP contribution in [0.15, 0.2) is 59.7 Å². The number of amides is 1. The fourth-order valence-electron chi connectivity index (χ4n) is 2.80. The van der Waals surface area contributed by atoms with Crippen molar-refractivity contribution in [3.63, 3.8) is 0 Å². The third kappa shape index (κ3) is 5.19. The number of hydrogen-bond acceptors (Lipinski definition) is 6. The second-order valence-corrected chi connectivity index (χ2v) is 6.23. The van der Waals surface area contributed by atoms with Crippen LogP contribution in [0.3, 0.4) is 0 Å². The Kier molecular flexibility index (Phi) is 6.57. The summed E-state index contributed by atoms with van der Waals surface area (Å²) < 4.78 is 11.8. The Morgan fingerprint density at radius 3 is 2.59 bits per heavy atom. The third-order valence-electron chi connectivity index (χ3n) is 4.30. The number of ether oxygens (including phenoxy) is 2. The molecular formula is C21H22N4O4. The van der Waals surface area contributed by atoms with Crippen LogP contribution in [0.25, 0.3) is 11.3 Å². The smallest absolute Gasteiger partial charge is 0.266 e. The van der Waals surface area contributed by atoms with Crippen LogP contribution >= 0.6 is 0 Å². The molecule has 0 bridgehead atoms. The van der Waals surface area contributed by atoms with E-state index in [2.05, 4.69) is 15.4 Å². The number of benzene rings is 1. The Bertz CT molecular complexity index is 1030. The summed E-state index contributed by atoms with van der Waals surface area (Å²) in [6.07, 6.45) is 4.03. The maximum Gasteiger partial charge on any atom is 0.266 e. The summed E-state index contributed by atoms with van der Waals surface area (Å²) in [5, 5.41) is 7.20. The van der Waals surface area contributed by atoms with Gasteiger partial charge in [-0.1, -0.05) is 0 Å². The summed E-state index contributed by atoms with van der Waals surface area (Å²) in [5.41, 5.74) is 1.87. The minimum absolute atomic E-state index is 0.185.